The molecule has 286 valence electrons. The maximum atomic E-state index is 7.16. The van der Waals surface area contributed by atoms with Gasteiger partial charge in [-0.25, -0.2) is 0 Å². The molecule has 1 aliphatic carbocycles. The molecular formula is C57H42N2O. The molecule has 0 unspecified atom stereocenters. The molecule has 0 fully saturated rings. The molecule has 0 atom stereocenters. The molecule has 0 spiro atoms. The van der Waals surface area contributed by atoms with E-state index >= 15 is 0 Å². The molecule has 2 N–H and O–H groups in total. The highest BCUT2D eigenvalue weighted by atomic mass is 16.3. The van der Waals surface area contributed by atoms with E-state index in [1.165, 1.54) is 49.7 Å². The Balaban J connectivity index is 0.979. The van der Waals surface area contributed by atoms with E-state index in [9.17, 15) is 0 Å². The van der Waals surface area contributed by atoms with E-state index in [0.29, 0.717) is 12.2 Å². The minimum Gasteiger partial charge on any atom is -0.456 e. The van der Waals surface area contributed by atoms with E-state index in [-0.39, 0.29) is 5.41 Å². The van der Waals surface area contributed by atoms with Crippen molar-refractivity contribution >= 4 is 54.9 Å². The van der Waals surface area contributed by atoms with Gasteiger partial charge in [0.05, 0.1) is 12.3 Å². The van der Waals surface area contributed by atoms with Gasteiger partial charge in [0.2, 0.25) is 0 Å². The summed E-state index contributed by atoms with van der Waals surface area (Å²) in [6.45, 7) is 5.29. The number of furan rings is 1. The zero-order chi connectivity index (χ0) is 40.4. The number of allylic oxidation sites excluding steroid dienone is 1. The lowest BCUT2D eigenvalue weighted by Gasteiger charge is -2.26. The Morgan fingerprint density at radius 3 is 1.93 bits per heavy atom. The van der Waals surface area contributed by atoms with Gasteiger partial charge in [-0.2, -0.15) is 0 Å². The second-order valence-corrected chi connectivity index (χ2v) is 16.4. The third kappa shape index (κ3) is 5.77. The summed E-state index contributed by atoms with van der Waals surface area (Å²) >= 11 is 0. The number of benzene rings is 9. The summed E-state index contributed by atoms with van der Waals surface area (Å²) in [6, 6.07) is 66.9. The van der Waals surface area contributed by atoms with Gasteiger partial charge in [-0.1, -0.05) is 190 Å². The first kappa shape index (κ1) is 35.7. The van der Waals surface area contributed by atoms with E-state index < -0.39 is 0 Å². The zero-order valence-electron chi connectivity index (χ0n) is 33.6. The van der Waals surface area contributed by atoms with Crippen LogP contribution in [0.15, 0.2) is 204 Å². The Morgan fingerprint density at radius 1 is 0.500 bits per heavy atom. The van der Waals surface area contributed by atoms with Gasteiger partial charge in [0.15, 0.2) is 0 Å². The number of nitrogens with zero attached hydrogens (tertiary/aromatic N) is 1. The molecule has 3 heteroatoms. The molecule has 0 amide bonds. The highest BCUT2D eigenvalue weighted by molar-refractivity contribution is 6.23. The van der Waals surface area contributed by atoms with Gasteiger partial charge in [-0.05, 0) is 89.8 Å². The quantitative estimate of drug-likeness (QED) is 0.164. The summed E-state index contributed by atoms with van der Waals surface area (Å²) in [5.41, 5.74) is 23.6. The van der Waals surface area contributed by atoms with Gasteiger partial charge in [-0.15, -0.1) is 0 Å². The number of hydrogen-bond donors (Lipinski definition) is 1. The van der Waals surface area contributed by atoms with Crippen LogP contribution in [0.5, 0.6) is 0 Å². The third-order valence-corrected chi connectivity index (χ3v) is 12.5. The Labute approximate surface area is 349 Å². The molecule has 9 aromatic carbocycles. The van der Waals surface area contributed by atoms with Crippen LogP contribution in [0.2, 0.25) is 0 Å². The predicted octanol–water partition coefficient (Wildman–Crippen LogP) is 14.5. The Bertz CT molecular complexity index is 3370. The topological polar surface area (TPSA) is 51.5 Å². The molecule has 0 bridgehead atoms. The Morgan fingerprint density at radius 2 is 1.12 bits per heavy atom. The van der Waals surface area contributed by atoms with Crippen molar-refractivity contribution in [2.75, 3.05) is 0 Å². The summed E-state index contributed by atoms with van der Waals surface area (Å²) in [7, 11) is 0. The summed E-state index contributed by atoms with van der Waals surface area (Å²) in [6.07, 6.45) is 2.04. The van der Waals surface area contributed by atoms with Gasteiger partial charge in [0, 0.05) is 33.0 Å². The highest BCUT2D eigenvalue weighted by Gasteiger charge is 2.38. The summed E-state index contributed by atoms with van der Waals surface area (Å²) in [4.78, 5) is 5.22. The first-order chi connectivity index (χ1) is 29.4. The molecule has 60 heavy (non-hydrogen) atoms. The van der Waals surface area contributed by atoms with Crippen LogP contribution in [-0.4, -0.2) is 5.71 Å². The van der Waals surface area contributed by atoms with Gasteiger partial charge >= 0.3 is 0 Å². The van der Waals surface area contributed by atoms with Crippen LogP contribution in [0.25, 0.3) is 82.6 Å². The molecule has 1 aromatic heterocycles. The standard InChI is InChI=1S/C57H42N2O/c1-57(2)55-42(21-12-22-46(55)47-31-30-37-16-6-7-17-41(37)56(47)57)39-28-26-38(27-29-39)40-32-33-45(44-19-9-8-18-43(40)44)50(58)34-51(59-35-36-14-4-3-5-15-36)48-23-13-25-53-54(48)49-20-10-11-24-52(49)60-53/h3-34H,35,58H2,1-2H3/b50-34-,59-51?. The monoisotopic (exact) mass is 770 g/mol. The van der Waals surface area contributed by atoms with Crippen LogP contribution >= 0.6 is 0 Å². The number of nitrogens with two attached hydrogens (primary N) is 1. The van der Waals surface area contributed by atoms with Crippen molar-refractivity contribution in [2.45, 2.75) is 25.8 Å². The normalized spacial score (nSPS) is 13.6. The number of fused-ring (bicyclic) bond motifs is 9. The second-order valence-electron chi connectivity index (χ2n) is 16.4. The fourth-order valence-electron chi connectivity index (χ4n) is 9.80. The van der Waals surface area contributed by atoms with E-state index in [1.54, 1.807) is 0 Å². The second kappa shape index (κ2) is 14.1. The predicted molar refractivity (Wildman–Crippen MR) is 252 cm³/mol. The largest absolute Gasteiger partial charge is 0.456 e. The fourth-order valence-corrected chi connectivity index (χ4v) is 9.80. The van der Waals surface area contributed by atoms with E-state index in [2.05, 4.69) is 172 Å². The van der Waals surface area contributed by atoms with Crippen LogP contribution in [0, 0.1) is 0 Å². The van der Waals surface area contributed by atoms with Crippen molar-refractivity contribution in [1.82, 2.24) is 0 Å². The fraction of sp³-hybridized carbons (Fsp3) is 0.0702. The molecule has 1 aliphatic rings. The molecule has 3 nitrogen and oxygen atoms in total. The zero-order valence-corrected chi connectivity index (χ0v) is 33.6. The number of aliphatic imine (C=N–C) groups is 1. The first-order valence-electron chi connectivity index (χ1n) is 20.7. The maximum absolute atomic E-state index is 7.16. The molecule has 1 heterocycles. The average molecular weight is 771 g/mol. The summed E-state index contributed by atoms with van der Waals surface area (Å²) < 4.78 is 6.29. The van der Waals surface area contributed by atoms with Crippen LogP contribution in [0.3, 0.4) is 0 Å². The molecule has 10 aromatic rings. The van der Waals surface area contributed by atoms with Crippen molar-refractivity contribution in [1.29, 1.82) is 0 Å². The molecule has 0 aliphatic heterocycles. The molecule has 0 radical (unpaired) electrons. The summed E-state index contributed by atoms with van der Waals surface area (Å²) in [5, 5.41) is 6.96. The lowest BCUT2D eigenvalue weighted by Crippen LogP contribution is -2.16. The minimum atomic E-state index is -0.148. The minimum absolute atomic E-state index is 0.148. The Hall–Kier alpha value is -7.49. The number of para-hydroxylation sites is 1. The van der Waals surface area contributed by atoms with Crippen LogP contribution in [0.4, 0.5) is 0 Å². The molecular weight excluding hydrogens is 729 g/mol. The van der Waals surface area contributed by atoms with E-state index in [0.717, 1.165) is 60.7 Å². The van der Waals surface area contributed by atoms with Crippen molar-refractivity contribution in [3.63, 3.8) is 0 Å². The summed E-state index contributed by atoms with van der Waals surface area (Å²) in [5.74, 6) is 0. The van der Waals surface area contributed by atoms with Crippen LogP contribution in [0.1, 0.15) is 41.7 Å². The van der Waals surface area contributed by atoms with Gasteiger partial charge in [0.1, 0.15) is 11.2 Å². The smallest absolute Gasteiger partial charge is 0.136 e. The lowest BCUT2D eigenvalue weighted by molar-refractivity contribution is 0.668. The highest BCUT2D eigenvalue weighted by Crippen LogP contribution is 2.54. The Kier molecular flexibility index (Phi) is 8.38. The molecule has 11 rings (SSSR count). The molecule has 0 saturated heterocycles. The van der Waals surface area contributed by atoms with Crippen LogP contribution in [-0.2, 0) is 12.0 Å². The van der Waals surface area contributed by atoms with E-state index in [1.807, 2.05) is 36.4 Å². The van der Waals surface area contributed by atoms with Gasteiger partial charge in [0.25, 0.3) is 0 Å². The number of rotatable bonds is 7. The van der Waals surface area contributed by atoms with Crippen molar-refractivity contribution in [3.8, 4) is 33.4 Å². The van der Waals surface area contributed by atoms with Crippen molar-refractivity contribution in [2.24, 2.45) is 10.7 Å². The SMILES string of the molecule is CC1(C)c2c(-c3ccc(-c4ccc(/C(N)=C/C(=NCc5ccccc5)c5cccc6oc7ccccc7c56)c5ccccc45)cc3)cccc2-c2ccc3ccccc3c21. The molecule has 0 saturated carbocycles. The third-order valence-electron chi connectivity index (χ3n) is 12.5. The lowest BCUT2D eigenvalue weighted by atomic mass is 9.77. The van der Waals surface area contributed by atoms with Crippen LogP contribution < -0.4 is 5.73 Å². The van der Waals surface area contributed by atoms with E-state index in [4.69, 9.17) is 15.1 Å². The van der Waals surface area contributed by atoms with Gasteiger partial charge in [-0.3, -0.25) is 4.99 Å². The first-order valence-corrected chi connectivity index (χ1v) is 20.7. The van der Waals surface area contributed by atoms with Gasteiger partial charge < -0.3 is 10.2 Å². The van der Waals surface area contributed by atoms with Crippen molar-refractivity contribution < 1.29 is 4.42 Å². The van der Waals surface area contributed by atoms with Crippen molar-refractivity contribution in [3.05, 3.63) is 222 Å². The maximum Gasteiger partial charge on any atom is 0.136 e. The number of hydrogen-bond acceptors (Lipinski definition) is 3. The average Bonchev–Trinajstić information content (AvgIpc) is 3.80.